The van der Waals surface area contributed by atoms with Crippen molar-refractivity contribution in [3.8, 4) is 5.75 Å². The van der Waals surface area contributed by atoms with Crippen LogP contribution in [0.25, 0.3) is 0 Å². The summed E-state index contributed by atoms with van der Waals surface area (Å²) in [6, 6.07) is 15.8. The van der Waals surface area contributed by atoms with E-state index in [9.17, 15) is 9.90 Å². The highest BCUT2D eigenvalue weighted by molar-refractivity contribution is 5.95. The molecule has 2 saturated heterocycles. The van der Waals surface area contributed by atoms with E-state index in [-0.39, 0.29) is 5.91 Å². The molecule has 2 aromatic carbocycles. The molecule has 0 bridgehead atoms. The number of benzene rings is 2. The van der Waals surface area contributed by atoms with E-state index in [0.717, 1.165) is 50.5 Å². The fraction of sp³-hybridized carbons (Fsp3) is 0.435. The van der Waals surface area contributed by atoms with Gasteiger partial charge in [0.15, 0.2) is 0 Å². The third-order valence-electron chi connectivity index (χ3n) is 5.09. The minimum Gasteiger partial charge on any atom is -0.508 e. The Morgan fingerprint density at radius 1 is 0.750 bits per heavy atom. The van der Waals surface area contributed by atoms with Crippen LogP contribution in [0.3, 0.4) is 0 Å². The van der Waals surface area contributed by atoms with Crippen LogP contribution < -0.4 is 14.7 Å². The van der Waals surface area contributed by atoms with Crippen molar-refractivity contribution in [3.05, 3.63) is 48.5 Å². The van der Waals surface area contributed by atoms with Crippen molar-refractivity contribution >= 4 is 23.0 Å². The monoisotopic (exact) mass is 381 g/mol. The molecule has 0 radical (unpaired) electrons. The van der Waals surface area contributed by atoms with Crippen LogP contribution in [-0.4, -0.2) is 43.7 Å². The number of phenols is 1. The van der Waals surface area contributed by atoms with Crippen LogP contribution in [0, 0.1) is 0 Å². The van der Waals surface area contributed by atoms with E-state index in [2.05, 4.69) is 47.9 Å². The minimum atomic E-state index is 0.232. The van der Waals surface area contributed by atoms with Crippen LogP contribution in [0.5, 0.6) is 5.75 Å². The molecule has 1 amide bonds. The summed E-state index contributed by atoms with van der Waals surface area (Å²) in [4.78, 5) is 18.5. The first-order valence-electron chi connectivity index (χ1n) is 10.3. The topological polar surface area (TPSA) is 47.0 Å². The average Bonchev–Trinajstić information content (AvgIpc) is 3.15. The lowest BCUT2D eigenvalue weighted by atomic mass is 10.2. The summed E-state index contributed by atoms with van der Waals surface area (Å²) in [5.41, 5.74) is 3.37. The Kier molecular flexibility index (Phi) is 6.80. The molecule has 28 heavy (non-hydrogen) atoms. The zero-order valence-electron chi connectivity index (χ0n) is 17.0. The minimum absolute atomic E-state index is 0.232. The van der Waals surface area contributed by atoms with Crippen LogP contribution in [0.1, 0.15) is 33.1 Å². The maximum atomic E-state index is 11.8. The van der Waals surface area contributed by atoms with Crippen LogP contribution in [0.15, 0.2) is 48.5 Å². The second kappa shape index (κ2) is 9.49. The highest BCUT2D eigenvalue weighted by Gasteiger charge is 2.22. The molecule has 2 heterocycles. The molecule has 4 rings (SSSR count). The Hall–Kier alpha value is -2.69. The summed E-state index contributed by atoms with van der Waals surface area (Å²) in [5.74, 6) is 0.536. The van der Waals surface area contributed by atoms with Crippen molar-refractivity contribution in [2.75, 3.05) is 47.4 Å². The van der Waals surface area contributed by atoms with E-state index in [4.69, 9.17) is 0 Å². The number of carbonyl (C=O) groups excluding carboxylic acids is 1. The Morgan fingerprint density at radius 2 is 1.18 bits per heavy atom. The SMILES string of the molecule is CCC.O=C1CCCN1c1ccc(N2CCN(c3ccc(O)cc3)CC2)cc1. The second-order valence-corrected chi connectivity index (χ2v) is 7.36. The summed E-state index contributed by atoms with van der Waals surface area (Å²) >= 11 is 0. The highest BCUT2D eigenvalue weighted by atomic mass is 16.3. The molecule has 2 aromatic rings. The van der Waals surface area contributed by atoms with Crippen LogP contribution in [-0.2, 0) is 4.79 Å². The van der Waals surface area contributed by atoms with Gasteiger partial charge in [-0.1, -0.05) is 20.3 Å². The molecule has 0 aromatic heterocycles. The summed E-state index contributed by atoms with van der Waals surface area (Å²) in [5, 5.41) is 9.41. The molecular formula is C23H31N3O2. The predicted octanol–water partition coefficient (Wildman–Crippen LogP) is 4.26. The van der Waals surface area contributed by atoms with Gasteiger partial charge in [0.2, 0.25) is 5.91 Å². The van der Waals surface area contributed by atoms with Gasteiger partial charge in [0.05, 0.1) is 0 Å². The van der Waals surface area contributed by atoms with Gasteiger partial charge in [-0.15, -0.1) is 0 Å². The summed E-state index contributed by atoms with van der Waals surface area (Å²) in [7, 11) is 0. The van der Waals surface area contributed by atoms with Crippen LogP contribution in [0.2, 0.25) is 0 Å². The number of nitrogens with zero attached hydrogens (tertiary/aromatic N) is 3. The maximum absolute atomic E-state index is 11.8. The van der Waals surface area contributed by atoms with Gasteiger partial charge in [0.25, 0.3) is 0 Å². The van der Waals surface area contributed by atoms with E-state index in [1.807, 2.05) is 17.0 Å². The third kappa shape index (κ3) is 4.77. The molecule has 0 unspecified atom stereocenters. The Balaban J connectivity index is 0.000000706. The molecule has 0 spiro atoms. The van der Waals surface area contributed by atoms with Crippen LogP contribution >= 0.6 is 0 Å². The molecule has 0 saturated carbocycles. The quantitative estimate of drug-likeness (QED) is 0.863. The maximum Gasteiger partial charge on any atom is 0.227 e. The molecule has 2 aliphatic rings. The first kappa shape index (κ1) is 20.1. The molecular weight excluding hydrogens is 350 g/mol. The number of aromatic hydroxyl groups is 1. The molecule has 5 nitrogen and oxygen atoms in total. The fourth-order valence-corrected chi connectivity index (χ4v) is 3.65. The van der Waals surface area contributed by atoms with Gasteiger partial charge in [-0.25, -0.2) is 0 Å². The lowest BCUT2D eigenvalue weighted by Crippen LogP contribution is -2.46. The van der Waals surface area contributed by atoms with Crippen molar-refractivity contribution in [1.82, 2.24) is 0 Å². The number of hydrogen-bond acceptors (Lipinski definition) is 4. The van der Waals surface area contributed by atoms with E-state index >= 15 is 0 Å². The number of hydrogen-bond donors (Lipinski definition) is 1. The highest BCUT2D eigenvalue weighted by Crippen LogP contribution is 2.26. The van der Waals surface area contributed by atoms with Gasteiger partial charge < -0.3 is 19.8 Å². The van der Waals surface area contributed by atoms with Gasteiger partial charge >= 0.3 is 0 Å². The lowest BCUT2D eigenvalue weighted by molar-refractivity contribution is -0.117. The van der Waals surface area contributed by atoms with Crippen molar-refractivity contribution in [2.24, 2.45) is 0 Å². The lowest BCUT2D eigenvalue weighted by Gasteiger charge is -2.37. The Morgan fingerprint density at radius 3 is 1.61 bits per heavy atom. The molecule has 5 heteroatoms. The smallest absolute Gasteiger partial charge is 0.227 e. The van der Waals surface area contributed by atoms with Crippen LogP contribution in [0.4, 0.5) is 17.1 Å². The van der Waals surface area contributed by atoms with Gasteiger partial charge in [0.1, 0.15) is 5.75 Å². The number of rotatable bonds is 3. The molecule has 2 fully saturated rings. The largest absolute Gasteiger partial charge is 0.508 e. The van der Waals surface area contributed by atoms with E-state index in [1.54, 1.807) is 12.1 Å². The number of piperazine rings is 1. The first-order chi connectivity index (χ1) is 13.6. The van der Waals surface area contributed by atoms with Crippen molar-refractivity contribution in [1.29, 1.82) is 0 Å². The average molecular weight is 382 g/mol. The van der Waals surface area contributed by atoms with E-state index < -0.39 is 0 Å². The van der Waals surface area contributed by atoms with E-state index in [0.29, 0.717) is 12.2 Å². The standard InChI is InChI=1S/C20H23N3O2.C3H8/c24-19-9-7-17(8-10-19)22-14-12-21(13-15-22)16-3-5-18(6-4-16)23-11-1-2-20(23)25;1-3-2/h3-10,24H,1-2,11-15H2;3H2,1-2H3. The van der Waals surface area contributed by atoms with E-state index in [1.165, 1.54) is 12.1 Å². The molecule has 2 aliphatic heterocycles. The summed E-state index contributed by atoms with van der Waals surface area (Å²) in [6.45, 7) is 8.92. The first-order valence-corrected chi connectivity index (χ1v) is 10.3. The molecule has 150 valence electrons. The molecule has 1 N–H and O–H groups in total. The van der Waals surface area contributed by atoms with Gasteiger partial charge in [0, 0.05) is 56.2 Å². The van der Waals surface area contributed by atoms with Gasteiger partial charge in [-0.2, -0.15) is 0 Å². The van der Waals surface area contributed by atoms with Crippen molar-refractivity contribution in [3.63, 3.8) is 0 Å². The second-order valence-electron chi connectivity index (χ2n) is 7.36. The zero-order valence-corrected chi connectivity index (χ0v) is 17.0. The molecule has 0 atom stereocenters. The fourth-order valence-electron chi connectivity index (χ4n) is 3.65. The summed E-state index contributed by atoms with van der Waals surface area (Å²) in [6.07, 6.45) is 2.88. The number of carbonyl (C=O) groups is 1. The number of anilines is 3. The van der Waals surface area contributed by atoms with Crippen molar-refractivity contribution in [2.45, 2.75) is 33.1 Å². The number of amides is 1. The zero-order chi connectivity index (χ0) is 19.9. The predicted molar refractivity (Wildman–Crippen MR) is 117 cm³/mol. The number of phenolic OH excluding ortho intramolecular Hbond substituents is 1. The molecule has 0 aliphatic carbocycles. The summed E-state index contributed by atoms with van der Waals surface area (Å²) < 4.78 is 0. The van der Waals surface area contributed by atoms with Crippen molar-refractivity contribution < 1.29 is 9.90 Å². The van der Waals surface area contributed by atoms with Gasteiger partial charge in [-0.05, 0) is 55.0 Å². The normalized spacial score (nSPS) is 16.8. The Labute approximate surface area is 168 Å². The van der Waals surface area contributed by atoms with Gasteiger partial charge in [-0.3, -0.25) is 4.79 Å². The third-order valence-corrected chi connectivity index (χ3v) is 5.09. The Bertz CT molecular complexity index is 750.